The van der Waals surface area contributed by atoms with Crippen LogP contribution < -0.4 is 16.0 Å². The first-order valence-electron chi connectivity index (χ1n) is 8.87. The first kappa shape index (κ1) is 24.1. The largest absolute Gasteiger partial charge is 0.573 e. The molecule has 0 radical (unpaired) electrons. The Bertz CT molecular complexity index is 993. The van der Waals surface area contributed by atoms with Gasteiger partial charge in [0.05, 0.1) is 5.70 Å². The normalized spacial score (nSPS) is 13.0. The van der Waals surface area contributed by atoms with Crippen LogP contribution in [0.2, 0.25) is 5.02 Å². The topological polar surface area (TPSA) is 82.8 Å². The fourth-order valence-corrected chi connectivity index (χ4v) is 2.91. The zero-order valence-electron chi connectivity index (χ0n) is 16.6. The SMILES string of the molecule is C=C(C)/C(NC(=O)OC(C)c1ccccc1Cl)=C(\ON)c1cccc(OC(F)(F)F)c1. The molecular formula is C21H20ClF3N2O4. The van der Waals surface area contributed by atoms with Crippen molar-refractivity contribution in [2.75, 3.05) is 0 Å². The van der Waals surface area contributed by atoms with Crippen molar-refractivity contribution in [3.05, 3.63) is 82.5 Å². The van der Waals surface area contributed by atoms with Gasteiger partial charge in [0, 0.05) is 16.1 Å². The molecule has 0 saturated heterocycles. The summed E-state index contributed by atoms with van der Waals surface area (Å²) in [7, 11) is 0. The van der Waals surface area contributed by atoms with Crippen LogP contribution in [-0.4, -0.2) is 12.5 Å². The number of hydrogen-bond acceptors (Lipinski definition) is 5. The second-order valence-electron chi connectivity index (χ2n) is 6.37. The van der Waals surface area contributed by atoms with Gasteiger partial charge in [-0.2, -0.15) is 5.90 Å². The van der Waals surface area contributed by atoms with Gasteiger partial charge in [0.25, 0.3) is 0 Å². The highest BCUT2D eigenvalue weighted by atomic mass is 35.5. The maximum absolute atomic E-state index is 12.5. The molecule has 2 rings (SSSR count). The van der Waals surface area contributed by atoms with E-state index in [2.05, 4.69) is 16.6 Å². The summed E-state index contributed by atoms with van der Waals surface area (Å²) in [6, 6.07) is 11.7. The van der Waals surface area contributed by atoms with Gasteiger partial charge in [-0.1, -0.05) is 48.5 Å². The Balaban J connectivity index is 2.29. The lowest BCUT2D eigenvalue weighted by atomic mass is 10.1. The standard InChI is InChI=1S/C21H20ClF3N2O4/c1-12(2)18(27-20(28)29-13(3)16-9-4-5-10-17(16)22)19(31-26)14-7-6-8-15(11-14)30-21(23,24)25/h4-11,13H,1,26H2,2-3H3,(H,27,28)/b19-18+. The predicted octanol–water partition coefficient (Wildman–Crippen LogP) is 5.86. The first-order chi connectivity index (χ1) is 14.5. The average molecular weight is 457 g/mol. The van der Waals surface area contributed by atoms with Crippen LogP contribution in [0.15, 0.2) is 66.4 Å². The Morgan fingerprint density at radius 1 is 1.19 bits per heavy atom. The minimum Gasteiger partial charge on any atom is -0.441 e. The predicted molar refractivity (Wildman–Crippen MR) is 110 cm³/mol. The summed E-state index contributed by atoms with van der Waals surface area (Å²) < 4.78 is 46.8. The minimum atomic E-state index is -4.87. The Morgan fingerprint density at radius 3 is 2.45 bits per heavy atom. The van der Waals surface area contributed by atoms with Gasteiger partial charge in [0.2, 0.25) is 0 Å². The molecule has 2 aromatic carbocycles. The van der Waals surface area contributed by atoms with Gasteiger partial charge in [-0.3, -0.25) is 5.32 Å². The molecular weight excluding hydrogens is 437 g/mol. The van der Waals surface area contributed by atoms with Crippen molar-refractivity contribution in [3.63, 3.8) is 0 Å². The molecule has 0 aliphatic carbocycles. The van der Waals surface area contributed by atoms with Gasteiger partial charge in [0.1, 0.15) is 11.9 Å². The van der Waals surface area contributed by atoms with E-state index >= 15 is 0 Å². The van der Waals surface area contributed by atoms with Crippen LogP contribution in [0.25, 0.3) is 5.76 Å². The molecule has 0 heterocycles. The molecule has 0 aliphatic rings. The number of carbonyl (C=O) groups excluding carboxylic acids is 1. The van der Waals surface area contributed by atoms with Crippen LogP contribution in [0, 0.1) is 0 Å². The fraction of sp³-hybridized carbons (Fsp3) is 0.190. The van der Waals surface area contributed by atoms with E-state index in [1.807, 2.05) is 0 Å². The van der Waals surface area contributed by atoms with Crippen molar-refractivity contribution in [1.29, 1.82) is 0 Å². The maximum Gasteiger partial charge on any atom is 0.573 e. The molecule has 0 saturated carbocycles. The van der Waals surface area contributed by atoms with Crippen molar-refractivity contribution < 1.29 is 32.3 Å². The lowest BCUT2D eigenvalue weighted by Crippen LogP contribution is -2.27. The number of allylic oxidation sites excluding steroid dienone is 1. The van der Waals surface area contributed by atoms with Gasteiger partial charge in [-0.25, -0.2) is 4.79 Å². The van der Waals surface area contributed by atoms with Gasteiger partial charge in [-0.05, 0) is 37.6 Å². The molecule has 1 amide bonds. The summed E-state index contributed by atoms with van der Waals surface area (Å²) >= 11 is 6.11. The molecule has 0 spiro atoms. The molecule has 6 nitrogen and oxygen atoms in total. The van der Waals surface area contributed by atoms with Crippen molar-refractivity contribution in [2.45, 2.75) is 26.3 Å². The first-order valence-corrected chi connectivity index (χ1v) is 9.24. The fourth-order valence-electron chi connectivity index (χ4n) is 2.62. The van der Waals surface area contributed by atoms with Gasteiger partial charge in [0.15, 0.2) is 5.76 Å². The Kier molecular flexibility index (Phi) is 7.95. The number of nitrogens with two attached hydrogens (primary N) is 1. The van der Waals surface area contributed by atoms with Crippen molar-refractivity contribution in [1.82, 2.24) is 5.32 Å². The third kappa shape index (κ3) is 6.94. The van der Waals surface area contributed by atoms with Crippen LogP contribution >= 0.6 is 11.6 Å². The van der Waals surface area contributed by atoms with Gasteiger partial charge in [-0.15, -0.1) is 13.2 Å². The average Bonchev–Trinajstić information content (AvgIpc) is 2.67. The summed E-state index contributed by atoms with van der Waals surface area (Å²) in [6.45, 7) is 6.91. The quantitative estimate of drug-likeness (QED) is 0.310. The van der Waals surface area contributed by atoms with E-state index in [0.29, 0.717) is 16.2 Å². The van der Waals surface area contributed by atoms with Crippen LogP contribution in [0.4, 0.5) is 18.0 Å². The number of halogens is 4. The molecule has 1 atom stereocenters. The highest BCUT2D eigenvalue weighted by Gasteiger charge is 2.31. The second-order valence-corrected chi connectivity index (χ2v) is 6.78. The van der Waals surface area contributed by atoms with Crippen molar-refractivity contribution >= 4 is 23.5 Å². The Labute approximate surface area is 182 Å². The number of hydrogen-bond donors (Lipinski definition) is 2. The monoisotopic (exact) mass is 456 g/mol. The smallest absolute Gasteiger partial charge is 0.441 e. The van der Waals surface area contributed by atoms with Gasteiger partial charge >= 0.3 is 12.5 Å². The summed E-state index contributed by atoms with van der Waals surface area (Å²) in [4.78, 5) is 17.3. The summed E-state index contributed by atoms with van der Waals surface area (Å²) in [6.07, 6.45) is -6.44. The third-order valence-corrected chi connectivity index (χ3v) is 4.30. The van der Waals surface area contributed by atoms with E-state index in [9.17, 15) is 18.0 Å². The minimum absolute atomic E-state index is 0.0167. The lowest BCUT2D eigenvalue weighted by Gasteiger charge is -2.19. The highest BCUT2D eigenvalue weighted by Crippen LogP contribution is 2.29. The van der Waals surface area contributed by atoms with Crippen LogP contribution in [0.5, 0.6) is 5.75 Å². The second kappa shape index (κ2) is 10.2. The Morgan fingerprint density at radius 2 is 1.87 bits per heavy atom. The molecule has 3 N–H and O–H groups in total. The number of ether oxygens (including phenoxy) is 2. The number of carbonyl (C=O) groups is 1. The molecule has 0 fully saturated rings. The maximum atomic E-state index is 12.5. The van der Waals surface area contributed by atoms with Crippen LogP contribution in [0.3, 0.4) is 0 Å². The van der Waals surface area contributed by atoms with E-state index in [4.69, 9.17) is 27.1 Å². The molecule has 2 aromatic rings. The van der Waals surface area contributed by atoms with E-state index in [1.54, 1.807) is 38.1 Å². The van der Waals surface area contributed by atoms with E-state index in [-0.39, 0.29) is 17.0 Å². The number of nitrogens with one attached hydrogen (secondary N) is 1. The highest BCUT2D eigenvalue weighted by molar-refractivity contribution is 6.31. The number of benzene rings is 2. The number of alkyl carbamates (subject to hydrolysis) is 1. The molecule has 0 aromatic heterocycles. The number of rotatable bonds is 7. The Hall–Kier alpha value is -3.17. The third-order valence-electron chi connectivity index (χ3n) is 3.96. The molecule has 10 heteroatoms. The number of alkyl halides is 3. The molecule has 31 heavy (non-hydrogen) atoms. The molecule has 166 valence electrons. The molecule has 0 aliphatic heterocycles. The van der Waals surface area contributed by atoms with Crippen molar-refractivity contribution in [2.24, 2.45) is 5.90 Å². The van der Waals surface area contributed by atoms with E-state index in [0.717, 1.165) is 12.1 Å². The summed E-state index contributed by atoms with van der Waals surface area (Å²) in [5, 5.41) is 2.88. The van der Waals surface area contributed by atoms with Crippen LogP contribution in [-0.2, 0) is 9.57 Å². The number of amides is 1. The van der Waals surface area contributed by atoms with Crippen LogP contribution in [0.1, 0.15) is 31.1 Å². The van der Waals surface area contributed by atoms with Gasteiger partial charge < -0.3 is 14.3 Å². The lowest BCUT2D eigenvalue weighted by molar-refractivity contribution is -0.274. The van der Waals surface area contributed by atoms with E-state index in [1.165, 1.54) is 12.1 Å². The van der Waals surface area contributed by atoms with E-state index < -0.39 is 24.3 Å². The summed E-state index contributed by atoms with van der Waals surface area (Å²) in [5.41, 5.74) is 1.03. The van der Waals surface area contributed by atoms with Crippen molar-refractivity contribution in [3.8, 4) is 5.75 Å². The molecule has 1 unspecified atom stereocenters. The molecule has 0 bridgehead atoms. The zero-order chi connectivity index (χ0) is 23.2. The summed E-state index contributed by atoms with van der Waals surface area (Å²) in [5.74, 6) is 4.71. The zero-order valence-corrected chi connectivity index (χ0v) is 17.4.